The molecule has 3 rings (SSSR count). The second kappa shape index (κ2) is 8.65. The standard InChI is InChI=1S/C20H24N2O3/c1-2-25-19-6-4-3-5-18(19)21-20(23)17-9-7-16(8-10-17)15-22-11-13-24-14-12-22/h3-10H,2,11-15H2,1H3,(H,21,23). The number of amides is 1. The summed E-state index contributed by atoms with van der Waals surface area (Å²) >= 11 is 0. The Balaban J connectivity index is 1.62. The summed E-state index contributed by atoms with van der Waals surface area (Å²) in [6.07, 6.45) is 0. The molecule has 1 N–H and O–H groups in total. The van der Waals surface area contributed by atoms with Crippen molar-refractivity contribution >= 4 is 11.6 Å². The van der Waals surface area contributed by atoms with E-state index in [0.29, 0.717) is 23.6 Å². The van der Waals surface area contributed by atoms with Crippen molar-refractivity contribution in [2.45, 2.75) is 13.5 Å². The molecule has 1 saturated heterocycles. The highest BCUT2D eigenvalue weighted by Crippen LogP contribution is 2.24. The Morgan fingerprint density at radius 2 is 1.84 bits per heavy atom. The summed E-state index contributed by atoms with van der Waals surface area (Å²) in [5, 5.41) is 2.92. The lowest BCUT2D eigenvalue weighted by molar-refractivity contribution is 0.0342. The molecule has 25 heavy (non-hydrogen) atoms. The molecule has 0 aromatic heterocycles. The van der Waals surface area contributed by atoms with Crippen LogP contribution in [0.1, 0.15) is 22.8 Å². The van der Waals surface area contributed by atoms with Crippen molar-refractivity contribution in [3.8, 4) is 5.75 Å². The lowest BCUT2D eigenvalue weighted by Gasteiger charge is -2.26. The summed E-state index contributed by atoms with van der Waals surface area (Å²) in [7, 11) is 0. The zero-order valence-electron chi connectivity index (χ0n) is 14.5. The molecule has 1 aliphatic heterocycles. The van der Waals surface area contributed by atoms with Gasteiger partial charge in [-0.05, 0) is 36.8 Å². The molecule has 1 aliphatic rings. The van der Waals surface area contributed by atoms with E-state index in [-0.39, 0.29) is 5.91 Å². The highest BCUT2D eigenvalue weighted by molar-refractivity contribution is 6.05. The fraction of sp³-hybridized carbons (Fsp3) is 0.350. The molecule has 0 bridgehead atoms. The Kier molecular flexibility index (Phi) is 6.04. The first-order valence-electron chi connectivity index (χ1n) is 8.68. The maximum Gasteiger partial charge on any atom is 0.255 e. The summed E-state index contributed by atoms with van der Waals surface area (Å²) in [5.41, 5.74) is 2.52. The lowest BCUT2D eigenvalue weighted by atomic mass is 10.1. The number of morpholine rings is 1. The van der Waals surface area contributed by atoms with E-state index in [1.165, 1.54) is 5.56 Å². The molecule has 2 aromatic rings. The number of benzene rings is 2. The van der Waals surface area contributed by atoms with E-state index in [1.54, 1.807) is 0 Å². The van der Waals surface area contributed by atoms with Gasteiger partial charge in [0, 0.05) is 25.2 Å². The molecule has 0 spiro atoms. The number of para-hydroxylation sites is 2. The number of hydrogen-bond acceptors (Lipinski definition) is 4. The second-order valence-electron chi connectivity index (χ2n) is 5.97. The molecular formula is C20H24N2O3. The predicted octanol–water partition coefficient (Wildman–Crippen LogP) is 3.17. The van der Waals surface area contributed by atoms with Gasteiger partial charge in [-0.3, -0.25) is 9.69 Å². The molecule has 5 nitrogen and oxygen atoms in total. The highest BCUT2D eigenvalue weighted by atomic mass is 16.5. The van der Waals surface area contributed by atoms with E-state index in [1.807, 2.05) is 55.5 Å². The minimum absolute atomic E-state index is 0.134. The average Bonchev–Trinajstić information content (AvgIpc) is 2.65. The summed E-state index contributed by atoms with van der Waals surface area (Å²) in [6.45, 7) is 6.86. The first-order chi connectivity index (χ1) is 12.3. The third kappa shape index (κ3) is 4.81. The van der Waals surface area contributed by atoms with Crippen molar-refractivity contribution in [3.05, 3.63) is 59.7 Å². The molecule has 2 aromatic carbocycles. The lowest BCUT2D eigenvalue weighted by Crippen LogP contribution is -2.35. The number of hydrogen-bond donors (Lipinski definition) is 1. The van der Waals surface area contributed by atoms with Gasteiger partial charge in [-0.25, -0.2) is 0 Å². The molecule has 0 saturated carbocycles. The fourth-order valence-electron chi connectivity index (χ4n) is 2.82. The van der Waals surface area contributed by atoms with Crippen LogP contribution >= 0.6 is 0 Å². The van der Waals surface area contributed by atoms with E-state index in [4.69, 9.17) is 9.47 Å². The number of ether oxygens (including phenoxy) is 2. The number of anilines is 1. The zero-order chi connectivity index (χ0) is 17.5. The van der Waals surface area contributed by atoms with Crippen LogP contribution in [0, 0.1) is 0 Å². The van der Waals surface area contributed by atoms with E-state index in [2.05, 4.69) is 10.2 Å². The van der Waals surface area contributed by atoms with Crippen LogP contribution in [-0.2, 0) is 11.3 Å². The summed E-state index contributed by atoms with van der Waals surface area (Å²) in [4.78, 5) is 14.8. The van der Waals surface area contributed by atoms with Crippen LogP contribution < -0.4 is 10.1 Å². The first kappa shape index (κ1) is 17.5. The van der Waals surface area contributed by atoms with Gasteiger partial charge in [0.25, 0.3) is 5.91 Å². The summed E-state index contributed by atoms with van der Waals surface area (Å²) < 4.78 is 10.9. The van der Waals surface area contributed by atoms with Crippen molar-refractivity contribution in [2.75, 3.05) is 38.2 Å². The Hall–Kier alpha value is -2.37. The van der Waals surface area contributed by atoms with Crippen molar-refractivity contribution in [2.24, 2.45) is 0 Å². The van der Waals surface area contributed by atoms with Crippen LogP contribution in [0.5, 0.6) is 5.75 Å². The van der Waals surface area contributed by atoms with Gasteiger partial charge in [0.05, 0.1) is 25.5 Å². The van der Waals surface area contributed by atoms with Crippen LogP contribution in [0.25, 0.3) is 0 Å². The maximum atomic E-state index is 12.5. The Bertz CT molecular complexity index is 694. The van der Waals surface area contributed by atoms with Crippen LogP contribution in [-0.4, -0.2) is 43.7 Å². The molecule has 5 heteroatoms. The van der Waals surface area contributed by atoms with Gasteiger partial charge in [0.1, 0.15) is 5.75 Å². The van der Waals surface area contributed by atoms with Gasteiger partial charge in [0.15, 0.2) is 0 Å². The Labute approximate surface area is 148 Å². The van der Waals surface area contributed by atoms with E-state index in [0.717, 1.165) is 32.8 Å². The van der Waals surface area contributed by atoms with Gasteiger partial charge in [-0.15, -0.1) is 0 Å². The minimum atomic E-state index is -0.134. The molecular weight excluding hydrogens is 316 g/mol. The normalized spacial score (nSPS) is 14.9. The van der Waals surface area contributed by atoms with Crippen LogP contribution in [0.4, 0.5) is 5.69 Å². The molecule has 0 atom stereocenters. The van der Waals surface area contributed by atoms with Gasteiger partial charge in [-0.2, -0.15) is 0 Å². The molecule has 132 valence electrons. The second-order valence-corrected chi connectivity index (χ2v) is 5.97. The maximum absolute atomic E-state index is 12.5. The number of nitrogens with one attached hydrogen (secondary N) is 1. The molecule has 0 unspecified atom stereocenters. The Morgan fingerprint density at radius 1 is 1.12 bits per heavy atom. The summed E-state index contributed by atoms with van der Waals surface area (Å²) in [6, 6.07) is 15.2. The largest absolute Gasteiger partial charge is 0.492 e. The summed E-state index contributed by atoms with van der Waals surface area (Å²) in [5.74, 6) is 0.548. The van der Waals surface area contributed by atoms with E-state index >= 15 is 0 Å². The van der Waals surface area contributed by atoms with E-state index < -0.39 is 0 Å². The monoisotopic (exact) mass is 340 g/mol. The first-order valence-corrected chi connectivity index (χ1v) is 8.68. The Morgan fingerprint density at radius 3 is 2.56 bits per heavy atom. The van der Waals surface area contributed by atoms with Gasteiger partial charge >= 0.3 is 0 Å². The van der Waals surface area contributed by atoms with Crippen LogP contribution in [0.3, 0.4) is 0 Å². The minimum Gasteiger partial charge on any atom is -0.492 e. The van der Waals surface area contributed by atoms with Crippen molar-refractivity contribution in [1.82, 2.24) is 4.90 Å². The van der Waals surface area contributed by atoms with E-state index in [9.17, 15) is 4.79 Å². The molecule has 1 amide bonds. The third-order valence-electron chi connectivity index (χ3n) is 4.16. The molecule has 1 heterocycles. The van der Waals surface area contributed by atoms with Crippen molar-refractivity contribution in [3.63, 3.8) is 0 Å². The topological polar surface area (TPSA) is 50.8 Å². The molecule has 1 fully saturated rings. The quantitative estimate of drug-likeness (QED) is 0.877. The van der Waals surface area contributed by atoms with Gasteiger partial charge in [-0.1, -0.05) is 24.3 Å². The van der Waals surface area contributed by atoms with Crippen molar-refractivity contribution in [1.29, 1.82) is 0 Å². The van der Waals surface area contributed by atoms with Gasteiger partial charge < -0.3 is 14.8 Å². The SMILES string of the molecule is CCOc1ccccc1NC(=O)c1ccc(CN2CCOCC2)cc1. The van der Waals surface area contributed by atoms with Crippen LogP contribution in [0.15, 0.2) is 48.5 Å². The predicted molar refractivity (Wildman–Crippen MR) is 98.1 cm³/mol. The smallest absolute Gasteiger partial charge is 0.255 e. The number of rotatable bonds is 6. The average molecular weight is 340 g/mol. The van der Waals surface area contributed by atoms with Crippen LogP contribution in [0.2, 0.25) is 0 Å². The van der Waals surface area contributed by atoms with Crippen molar-refractivity contribution < 1.29 is 14.3 Å². The van der Waals surface area contributed by atoms with Gasteiger partial charge in [0.2, 0.25) is 0 Å². The molecule has 0 radical (unpaired) electrons. The molecule has 0 aliphatic carbocycles. The highest BCUT2D eigenvalue weighted by Gasteiger charge is 2.12. The number of carbonyl (C=O) groups is 1. The third-order valence-corrected chi connectivity index (χ3v) is 4.16. The number of carbonyl (C=O) groups excluding carboxylic acids is 1. The zero-order valence-corrected chi connectivity index (χ0v) is 14.5. The fourth-order valence-corrected chi connectivity index (χ4v) is 2.82. The number of nitrogens with zero attached hydrogens (tertiary/aromatic N) is 1.